The number of carboxylic acid groups (broad SMARTS) is 1. The fourth-order valence-corrected chi connectivity index (χ4v) is 11.9. The quantitative estimate of drug-likeness (QED) is 0.0269. The number of thioether (sulfide) groups is 2. The third-order valence-electron chi connectivity index (χ3n) is 16.9. The van der Waals surface area contributed by atoms with Gasteiger partial charge in [0.05, 0.1) is 45.2 Å². The summed E-state index contributed by atoms with van der Waals surface area (Å²) in [5.41, 5.74) is 22.0. The zero-order valence-corrected chi connectivity index (χ0v) is 61.9. The van der Waals surface area contributed by atoms with Gasteiger partial charge in [-0.05, 0) is 93.1 Å². The number of carbonyl (C=O) groups excluding carboxylic acids is 17. The fourth-order valence-electron chi connectivity index (χ4n) is 11.0. The molecule has 2 rings (SSSR count). The summed E-state index contributed by atoms with van der Waals surface area (Å²) in [5.74, 6) is -19.1. The summed E-state index contributed by atoms with van der Waals surface area (Å²) in [6.45, 7) is 4.85. The van der Waals surface area contributed by atoms with Gasteiger partial charge in [-0.1, -0.05) is 48.0 Å². The maximum atomic E-state index is 14.2. The number of aliphatic hydroxyl groups is 3. The molecule has 14 atom stereocenters. The molecular weight excluding hydrogens is 1420 g/mol. The summed E-state index contributed by atoms with van der Waals surface area (Å²) < 4.78 is 0. The average molecular weight is 1530 g/mol. The number of nitrogens with zero attached hydrogens (tertiary/aromatic N) is 2. The number of primary amides is 3. The molecule has 0 saturated carbocycles. The van der Waals surface area contributed by atoms with E-state index in [1.165, 1.54) is 42.3 Å². The Bertz CT molecular complexity index is 3080. The number of carbonyl (C=O) groups is 18. The number of rotatable bonds is 48. The molecule has 2 aliphatic rings. The third kappa shape index (κ3) is 31.3. The molecule has 42 heteroatoms. The molecule has 0 radical (unpaired) electrons. The first kappa shape index (κ1) is 92.1. The van der Waals surface area contributed by atoms with Gasteiger partial charge < -0.3 is 117 Å². The van der Waals surface area contributed by atoms with Crippen molar-refractivity contribution in [3.8, 4) is 0 Å². The number of aliphatic carboxylic acids is 1. The summed E-state index contributed by atoms with van der Waals surface area (Å²) >= 11 is 2.75. The molecule has 0 aliphatic carbocycles. The molecule has 2 saturated heterocycles. The molecule has 40 nitrogen and oxygen atoms in total. The highest BCUT2D eigenvalue weighted by Crippen LogP contribution is 2.23. The maximum Gasteiger partial charge on any atom is 0.322 e. The van der Waals surface area contributed by atoms with Gasteiger partial charge in [-0.3, -0.25) is 86.3 Å². The van der Waals surface area contributed by atoms with Crippen LogP contribution in [0.1, 0.15) is 119 Å². The molecule has 592 valence electrons. The minimum absolute atomic E-state index is 0.0230. The Morgan fingerprint density at radius 3 is 1.35 bits per heavy atom. The molecule has 2 heterocycles. The topological polar surface area (TPSA) is 643 Å². The number of nitrogens with two attached hydrogens (primary N) is 4. The van der Waals surface area contributed by atoms with E-state index in [0.29, 0.717) is 18.6 Å². The van der Waals surface area contributed by atoms with Crippen molar-refractivity contribution in [2.24, 2.45) is 40.7 Å². The van der Waals surface area contributed by atoms with Crippen LogP contribution in [0, 0.1) is 17.8 Å². The number of nitrogens with one attached hydrogen (secondary N) is 12. The van der Waals surface area contributed by atoms with Crippen molar-refractivity contribution in [3.05, 3.63) is 0 Å². The lowest BCUT2D eigenvalue weighted by molar-refractivity contribution is -0.143. The molecule has 105 heavy (non-hydrogen) atoms. The second-order valence-corrected chi connectivity index (χ2v) is 28.0. The van der Waals surface area contributed by atoms with Crippen LogP contribution < -0.4 is 86.7 Å². The van der Waals surface area contributed by atoms with E-state index in [1.54, 1.807) is 20.1 Å². The highest BCUT2D eigenvalue weighted by molar-refractivity contribution is 7.98. The van der Waals surface area contributed by atoms with Gasteiger partial charge in [-0.2, -0.15) is 23.5 Å². The standard InChI is InChI=1S/C63H106N18O22S2/c1-9-32(6)50(79-57(97)39(27-82)75-59(99)43-13-10-18-80(43)62(102)38(22-30(2)3)74-51(91)33(64)16-20-104-7)61(101)76-40(28-83)56(96)78-49(31(4)5)60(100)73-37(24-46(67)87)55(95)77-41(29-84)63(103)81-19-11-12-42(81)58(98)72-35(17-21-105-8)54(94)71-34(14-15-44(65)85)52(92)68-25-47(88)70-36(23-45(66)86)53(93)69-26-48(89)90/h30-43,49-50,82-84H,9-29,64H2,1-8H3,(H2,65,85)(H2,66,86)(H2,67,87)(H,68,92)(H,69,93)(H,70,88)(H,71,94)(H,72,98)(H,73,100)(H,74,91)(H,75,99)(H,76,101)(H,77,95)(H,78,96)(H,79,97)(H,89,90)/t32-,33-,34-,35-,36-,37-,38-,39-,40-,41-,42-,43-,49-,50-/m0/s1. The van der Waals surface area contributed by atoms with Crippen molar-refractivity contribution >= 4 is 130 Å². The molecule has 0 spiro atoms. The van der Waals surface area contributed by atoms with Crippen molar-refractivity contribution in [1.29, 1.82) is 0 Å². The van der Waals surface area contributed by atoms with Crippen LogP contribution in [-0.4, -0.2) is 285 Å². The zero-order valence-electron chi connectivity index (χ0n) is 60.2. The van der Waals surface area contributed by atoms with Crippen LogP contribution in [0.3, 0.4) is 0 Å². The van der Waals surface area contributed by atoms with Crippen LogP contribution in [0.4, 0.5) is 0 Å². The van der Waals surface area contributed by atoms with Gasteiger partial charge in [-0.25, -0.2) is 0 Å². The lowest BCUT2D eigenvalue weighted by Gasteiger charge is -2.31. The van der Waals surface area contributed by atoms with E-state index in [2.05, 4.69) is 58.5 Å². The van der Waals surface area contributed by atoms with Crippen LogP contribution >= 0.6 is 23.5 Å². The predicted octanol–water partition coefficient (Wildman–Crippen LogP) is -9.29. The lowest BCUT2D eigenvalue weighted by atomic mass is 9.97. The predicted molar refractivity (Wildman–Crippen MR) is 377 cm³/mol. The first-order valence-corrected chi connectivity index (χ1v) is 37.0. The van der Waals surface area contributed by atoms with Gasteiger partial charge in [0, 0.05) is 19.5 Å². The summed E-state index contributed by atoms with van der Waals surface area (Å²) in [6, 6.07) is -19.5. The van der Waals surface area contributed by atoms with Crippen LogP contribution in [-0.2, 0) is 86.3 Å². The number of likely N-dealkylation sites (tertiary alicyclic amines) is 2. The van der Waals surface area contributed by atoms with Gasteiger partial charge in [0.15, 0.2) is 0 Å². The molecule has 0 aromatic rings. The first-order chi connectivity index (χ1) is 49.4. The Labute approximate surface area is 615 Å². The van der Waals surface area contributed by atoms with Crippen LogP contribution in [0.25, 0.3) is 0 Å². The largest absolute Gasteiger partial charge is 0.480 e. The number of aliphatic hydroxyl groups excluding tert-OH is 3. The van der Waals surface area contributed by atoms with Gasteiger partial charge in [0.2, 0.25) is 100 Å². The second-order valence-electron chi connectivity index (χ2n) is 26.1. The third-order valence-corrected chi connectivity index (χ3v) is 18.2. The number of carboxylic acids is 1. The molecule has 17 amide bonds. The van der Waals surface area contributed by atoms with Crippen molar-refractivity contribution < 1.29 is 107 Å². The molecule has 0 aromatic carbocycles. The van der Waals surface area contributed by atoms with Crippen molar-refractivity contribution in [3.63, 3.8) is 0 Å². The molecular formula is C63H106N18O22S2. The Morgan fingerprint density at radius 1 is 0.457 bits per heavy atom. The minimum Gasteiger partial charge on any atom is -0.480 e. The molecule has 24 N–H and O–H groups in total. The summed E-state index contributed by atoms with van der Waals surface area (Å²) in [7, 11) is 0. The summed E-state index contributed by atoms with van der Waals surface area (Å²) in [6.07, 6.45) is 2.35. The highest BCUT2D eigenvalue weighted by atomic mass is 32.2. The van der Waals surface area contributed by atoms with Crippen LogP contribution in [0.2, 0.25) is 0 Å². The monoisotopic (exact) mass is 1530 g/mol. The first-order valence-electron chi connectivity index (χ1n) is 34.2. The SMILES string of the molecule is CC[C@H](C)[C@H](NC(=O)[C@H](CO)NC(=O)[C@@H]1CCCN1C(=O)[C@H](CC(C)C)NC(=O)[C@@H](N)CCSC)C(=O)N[C@@H](CO)C(=O)N[C@H](C(=O)N[C@@H](CC(N)=O)C(=O)N[C@@H](CO)C(=O)N1CCC[C@H]1C(=O)N[C@@H](CCSC)C(=O)N[C@@H](CCC(N)=O)C(=O)NCC(=O)N[C@@H](CC(N)=O)C(=O)NCC(=O)O)C(C)C. The molecule has 0 unspecified atom stereocenters. The molecule has 0 aromatic heterocycles. The van der Waals surface area contributed by atoms with E-state index in [9.17, 15) is 102 Å². The number of hydrogen-bond acceptors (Lipinski definition) is 24. The van der Waals surface area contributed by atoms with Crippen LogP contribution in [0.15, 0.2) is 0 Å². The lowest BCUT2D eigenvalue weighted by Crippen LogP contribution is -2.63. The highest BCUT2D eigenvalue weighted by Gasteiger charge is 2.43. The normalized spacial score (nSPS) is 17.5. The fraction of sp³-hybridized carbons (Fsp3) is 0.714. The van der Waals surface area contributed by atoms with Gasteiger partial charge in [0.25, 0.3) is 0 Å². The van der Waals surface area contributed by atoms with E-state index in [-0.39, 0.29) is 63.3 Å². The van der Waals surface area contributed by atoms with E-state index in [1.807, 2.05) is 25.4 Å². The molecule has 2 fully saturated rings. The Balaban J connectivity index is 2.27. The molecule has 0 bridgehead atoms. The smallest absolute Gasteiger partial charge is 0.322 e. The van der Waals surface area contributed by atoms with Crippen molar-refractivity contribution in [2.75, 3.05) is 70.0 Å². The van der Waals surface area contributed by atoms with Crippen molar-refractivity contribution in [1.82, 2.24) is 73.6 Å². The summed E-state index contributed by atoms with van der Waals surface area (Å²) in [4.78, 5) is 241. The van der Waals surface area contributed by atoms with Crippen LogP contribution in [0.5, 0.6) is 0 Å². The zero-order chi connectivity index (χ0) is 79.5. The van der Waals surface area contributed by atoms with E-state index in [4.69, 9.17) is 28.0 Å². The van der Waals surface area contributed by atoms with E-state index >= 15 is 0 Å². The van der Waals surface area contributed by atoms with E-state index < -0.39 is 255 Å². The van der Waals surface area contributed by atoms with Crippen molar-refractivity contribution in [2.45, 2.75) is 197 Å². The molecule has 2 aliphatic heterocycles. The summed E-state index contributed by atoms with van der Waals surface area (Å²) in [5, 5.41) is 68.4. The number of hydrogen-bond donors (Lipinski definition) is 20. The maximum absolute atomic E-state index is 14.2. The number of amides is 17. The second kappa shape index (κ2) is 46.7. The minimum atomic E-state index is -1.92. The van der Waals surface area contributed by atoms with Gasteiger partial charge >= 0.3 is 5.97 Å². The Hall–Kier alpha value is -9.00. The Kier molecular flexibility index (Phi) is 41.0. The Morgan fingerprint density at radius 2 is 0.867 bits per heavy atom. The van der Waals surface area contributed by atoms with Gasteiger partial charge in [-0.15, -0.1) is 0 Å². The van der Waals surface area contributed by atoms with E-state index in [0.717, 1.165) is 4.90 Å². The van der Waals surface area contributed by atoms with Gasteiger partial charge in [0.1, 0.15) is 79.0 Å². The average Bonchev–Trinajstić information content (AvgIpc) is 1.76.